The highest BCUT2D eigenvalue weighted by Gasteiger charge is 2.16. The highest BCUT2D eigenvalue weighted by molar-refractivity contribution is 7.22. The molecule has 2 nitrogen and oxygen atoms in total. The molecule has 0 saturated heterocycles. The molecular weight excluding hydrogens is 319 g/mol. The Morgan fingerprint density at radius 1 is 1.04 bits per heavy atom. The minimum absolute atomic E-state index is 0.195. The number of nitrogens with one attached hydrogen (secondary N) is 1. The predicted molar refractivity (Wildman–Crippen MR) is 101 cm³/mol. The molecule has 0 unspecified atom stereocenters. The molecule has 0 saturated carbocycles. The van der Waals surface area contributed by atoms with Crippen molar-refractivity contribution in [3.63, 3.8) is 0 Å². The van der Waals surface area contributed by atoms with Gasteiger partial charge >= 0.3 is 0 Å². The standard InChI is InChI=1S/C20H19FN2S/c21-16-9-5-8-14-15(7-3-4-11-22)20(23-19(14)16)18-12-13-6-1-2-10-17(13)24-18/h1-2,5-6,8-10,12,23H,3-4,7,11,22H2. The highest BCUT2D eigenvalue weighted by atomic mass is 32.1. The van der Waals surface area contributed by atoms with Crippen molar-refractivity contribution >= 4 is 32.3 Å². The second kappa shape index (κ2) is 6.38. The van der Waals surface area contributed by atoms with Gasteiger partial charge in [0.15, 0.2) is 0 Å². The first kappa shape index (κ1) is 15.4. The van der Waals surface area contributed by atoms with Crippen molar-refractivity contribution in [2.75, 3.05) is 6.54 Å². The smallest absolute Gasteiger partial charge is 0.147 e. The molecule has 4 rings (SSSR count). The lowest BCUT2D eigenvalue weighted by Crippen LogP contribution is -1.99. The minimum Gasteiger partial charge on any atom is -0.351 e. The molecule has 4 aromatic rings. The SMILES string of the molecule is NCCCCc1c(-c2cc3ccccc3s2)[nH]c2c(F)cccc12. The molecular formula is C20H19FN2S. The predicted octanol–water partition coefficient (Wildman–Crippen LogP) is 5.47. The third kappa shape index (κ3) is 2.62. The zero-order valence-electron chi connectivity index (χ0n) is 13.3. The maximum absolute atomic E-state index is 14.2. The maximum Gasteiger partial charge on any atom is 0.147 e. The molecule has 0 amide bonds. The average molecular weight is 338 g/mol. The lowest BCUT2D eigenvalue weighted by molar-refractivity contribution is 0.637. The molecule has 0 bridgehead atoms. The Bertz CT molecular complexity index is 966. The number of H-pyrrole nitrogens is 1. The summed E-state index contributed by atoms with van der Waals surface area (Å²) in [4.78, 5) is 4.50. The van der Waals surface area contributed by atoms with Crippen molar-refractivity contribution in [2.24, 2.45) is 5.73 Å². The summed E-state index contributed by atoms with van der Waals surface area (Å²) in [7, 11) is 0. The van der Waals surface area contributed by atoms with Gasteiger partial charge < -0.3 is 10.7 Å². The first-order valence-electron chi connectivity index (χ1n) is 8.26. The lowest BCUT2D eigenvalue weighted by Gasteiger charge is -2.03. The van der Waals surface area contributed by atoms with E-state index in [1.165, 1.54) is 21.7 Å². The molecule has 0 spiro atoms. The summed E-state index contributed by atoms with van der Waals surface area (Å²) in [5, 5.41) is 2.21. The van der Waals surface area contributed by atoms with E-state index in [1.54, 1.807) is 17.4 Å². The molecule has 0 fully saturated rings. The van der Waals surface area contributed by atoms with E-state index in [0.717, 1.165) is 35.2 Å². The Morgan fingerprint density at radius 2 is 1.92 bits per heavy atom. The second-order valence-electron chi connectivity index (χ2n) is 6.04. The van der Waals surface area contributed by atoms with Crippen LogP contribution in [0.3, 0.4) is 0 Å². The van der Waals surface area contributed by atoms with Crippen molar-refractivity contribution < 1.29 is 4.39 Å². The van der Waals surface area contributed by atoms with E-state index in [4.69, 9.17) is 5.73 Å². The molecule has 2 heterocycles. The van der Waals surface area contributed by atoms with Gasteiger partial charge in [-0.2, -0.15) is 0 Å². The van der Waals surface area contributed by atoms with E-state index >= 15 is 0 Å². The van der Waals surface area contributed by atoms with Crippen LogP contribution in [0.5, 0.6) is 0 Å². The molecule has 4 heteroatoms. The quantitative estimate of drug-likeness (QED) is 0.465. The number of hydrogen-bond donors (Lipinski definition) is 2. The number of aromatic nitrogens is 1. The van der Waals surface area contributed by atoms with E-state index < -0.39 is 0 Å². The minimum atomic E-state index is -0.195. The van der Waals surface area contributed by atoms with E-state index in [-0.39, 0.29) is 5.82 Å². The summed E-state index contributed by atoms with van der Waals surface area (Å²) < 4.78 is 15.5. The molecule has 3 N–H and O–H groups in total. The molecule has 0 aliphatic carbocycles. The van der Waals surface area contributed by atoms with Crippen molar-refractivity contribution in [1.82, 2.24) is 4.98 Å². The fourth-order valence-corrected chi connectivity index (χ4v) is 4.35. The van der Waals surface area contributed by atoms with E-state index in [2.05, 4.69) is 29.2 Å². The van der Waals surface area contributed by atoms with E-state index in [1.807, 2.05) is 12.1 Å². The van der Waals surface area contributed by atoms with Crippen LogP contribution < -0.4 is 5.73 Å². The van der Waals surface area contributed by atoms with Crippen LogP contribution in [0, 0.1) is 5.82 Å². The van der Waals surface area contributed by atoms with Crippen LogP contribution in [0.4, 0.5) is 4.39 Å². The summed E-state index contributed by atoms with van der Waals surface area (Å²) in [5.74, 6) is -0.195. The van der Waals surface area contributed by atoms with Crippen LogP contribution in [0.2, 0.25) is 0 Å². The number of halogens is 1. The van der Waals surface area contributed by atoms with Gasteiger partial charge in [0.2, 0.25) is 0 Å². The van der Waals surface area contributed by atoms with Crippen LogP contribution in [-0.2, 0) is 6.42 Å². The van der Waals surface area contributed by atoms with E-state index in [0.29, 0.717) is 12.1 Å². The maximum atomic E-state index is 14.2. The zero-order chi connectivity index (χ0) is 16.5. The van der Waals surface area contributed by atoms with Gasteiger partial charge in [-0.1, -0.05) is 30.3 Å². The molecule has 24 heavy (non-hydrogen) atoms. The summed E-state index contributed by atoms with van der Waals surface area (Å²) in [6, 6.07) is 15.8. The third-order valence-corrected chi connectivity index (χ3v) is 5.58. The molecule has 0 aliphatic heterocycles. The van der Waals surface area contributed by atoms with Crippen LogP contribution in [0.1, 0.15) is 18.4 Å². The van der Waals surface area contributed by atoms with E-state index in [9.17, 15) is 4.39 Å². The highest BCUT2D eigenvalue weighted by Crippen LogP contribution is 2.38. The Balaban J connectivity index is 1.89. The lowest BCUT2D eigenvalue weighted by atomic mass is 10.0. The average Bonchev–Trinajstić information content (AvgIpc) is 3.17. The second-order valence-corrected chi connectivity index (χ2v) is 7.12. The third-order valence-electron chi connectivity index (χ3n) is 4.44. The molecule has 0 atom stereocenters. The summed E-state index contributed by atoms with van der Waals surface area (Å²) >= 11 is 1.75. The van der Waals surface area contributed by atoms with Crippen LogP contribution >= 0.6 is 11.3 Å². The largest absolute Gasteiger partial charge is 0.351 e. The van der Waals surface area contributed by atoms with Crippen molar-refractivity contribution in [3.05, 3.63) is 59.9 Å². The van der Waals surface area contributed by atoms with Gasteiger partial charge in [-0.15, -0.1) is 11.3 Å². The number of para-hydroxylation sites is 1. The molecule has 122 valence electrons. The van der Waals surface area contributed by atoms with Gasteiger partial charge in [0.1, 0.15) is 5.82 Å². The number of benzene rings is 2. The fraction of sp³-hybridized carbons (Fsp3) is 0.200. The molecule has 0 aliphatic rings. The number of fused-ring (bicyclic) bond motifs is 2. The number of rotatable bonds is 5. The number of aryl methyl sites for hydroxylation is 1. The Morgan fingerprint density at radius 3 is 2.75 bits per heavy atom. The number of nitrogens with two attached hydrogens (primary N) is 1. The van der Waals surface area contributed by atoms with Crippen LogP contribution in [-0.4, -0.2) is 11.5 Å². The zero-order valence-corrected chi connectivity index (χ0v) is 14.1. The first-order chi connectivity index (χ1) is 11.8. The normalized spacial score (nSPS) is 11.6. The number of unbranched alkanes of at least 4 members (excludes halogenated alkanes) is 1. The van der Waals surface area contributed by atoms with Crippen molar-refractivity contribution in [2.45, 2.75) is 19.3 Å². The van der Waals surface area contributed by atoms with Gasteiger partial charge in [0.05, 0.1) is 16.1 Å². The summed E-state index contributed by atoms with van der Waals surface area (Å²) in [6.45, 7) is 0.689. The number of hydrogen-bond acceptors (Lipinski definition) is 2. The summed E-state index contributed by atoms with van der Waals surface area (Å²) in [6.07, 6.45) is 2.90. The van der Waals surface area contributed by atoms with Crippen LogP contribution in [0.15, 0.2) is 48.5 Å². The van der Waals surface area contributed by atoms with Gasteiger partial charge in [-0.3, -0.25) is 0 Å². The monoisotopic (exact) mass is 338 g/mol. The first-order valence-corrected chi connectivity index (χ1v) is 9.07. The van der Waals surface area contributed by atoms with Crippen molar-refractivity contribution in [1.29, 1.82) is 0 Å². The van der Waals surface area contributed by atoms with Gasteiger partial charge in [-0.25, -0.2) is 4.39 Å². The number of aromatic amines is 1. The van der Waals surface area contributed by atoms with Crippen LogP contribution in [0.25, 0.3) is 31.6 Å². The molecule has 0 radical (unpaired) electrons. The summed E-state index contributed by atoms with van der Waals surface area (Å²) in [5.41, 5.74) is 8.49. The number of thiophene rings is 1. The Kier molecular flexibility index (Phi) is 4.08. The molecule has 2 aromatic heterocycles. The molecule has 2 aromatic carbocycles. The fourth-order valence-electron chi connectivity index (χ4n) is 3.26. The van der Waals surface area contributed by atoms with Gasteiger partial charge in [0, 0.05) is 10.1 Å². The van der Waals surface area contributed by atoms with Crippen molar-refractivity contribution in [3.8, 4) is 10.6 Å². The topological polar surface area (TPSA) is 41.8 Å². The Labute approximate surface area is 144 Å². The Hall–Kier alpha value is -2.17. The van der Waals surface area contributed by atoms with Gasteiger partial charge in [-0.05, 0) is 55.0 Å². The van der Waals surface area contributed by atoms with Gasteiger partial charge in [0.25, 0.3) is 0 Å².